The number of carbonyl (C=O) groups excluding carboxylic acids is 6. The van der Waals surface area contributed by atoms with E-state index in [2.05, 4.69) is 31.9 Å². The fourth-order valence-corrected chi connectivity index (χ4v) is 6.67. The summed E-state index contributed by atoms with van der Waals surface area (Å²) in [5.41, 5.74) is 7.30. The first-order valence-electron chi connectivity index (χ1n) is 22.3. The number of aliphatic carboxylic acids is 1. The number of rotatable bonds is 29. The van der Waals surface area contributed by atoms with Gasteiger partial charge in [-0.15, -0.1) is 0 Å². The van der Waals surface area contributed by atoms with Gasteiger partial charge in [0.05, 0.1) is 24.6 Å². The SMILES string of the molecule is CC(C)(C)OC(=O)N[C@@H](CCCCNC(=O)CCC(=O)O)C(=O)N[C@@H](Cc1ccccc1)C(O)CN[C@@H](Cc1ccccc1)C(=O)N[C@@H](CCCCNC(=O)OCc1ccccc1)C(N)=O. The van der Waals surface area contributed by atoms with Crippen molar-refractivity contribution < 1.29 is 53.2 Å². The van der Waals surface area contributed by atoms with Crippen molar-refractivity contribution in [3.8, 4) is 0 Å². The molecule has 3 rings (SSSR count). The molecular formula is C48H67N7O11. The van der Waals surface area contributed by atoms with Crippen LogP contribution in [0.3, 0.4) is 0 Å². The molecule has 1 unspecified atom stereocenters. The fourth-order valence-electron chi connectivity index (χ4n) is 6.67. The van der Waals surface area contributed by atoms with Crippen LogP contribution in [0, 0.1) is 0 Å². The maximum Gasteiger partial charge on any atom is 0.408 e. The molecule has 0 aliphatic rings. The molecule has 0 radical (unpaired) electrons. The molecule has 0 heterocycles. The normalized spacial score (nSPS) is 13.4. The Balaban J connectivity index is 1.69. The molecule has 0 saturated heterocycles. The van der Waals surface area contributed by atoms with Crippen molar-refractivity contribution >= 4 is 41.8 Å². The number of hydrogen-bond donors (Lipinski definition) is 9. The Bertz CT molecular complexity index is 1970. The largest absolute Gasteiger partial charge is 0.481 e. The van der Waals surface area contributed by atoms with Gasteiger partial charge >= 0.3 is 18.2 Å². The van der Waals surface area contributed by atoms with Crippen LogP contribution in [0.5, 0.6) is 0 Å². The van der Waals surface area contributed by atoms with Crippen LogP contribution in [0.2, 0.25) is 0 Å². The molecule has 0 aromatic heterocycles. The topological polar surface area (TPSA) is 277 Å². The Morgan fingerprint density at radius 1 is 0.621 bits per heavy atom. The van der Waals surface area contributed by atoms with Gasteiger partial charge in [0, 0.05) is 26.1 Å². The van der Waals surface area contributed by atoms with Gasteiger partial charge in [0.15, 0.2) is 0 Å². The molecule has 0 aliphatic heterocycles. The number of nitrogens with one attached hydrogen (secondary N) is 6. The summed E-state index contributed by atoms with van der Waals surface area (Å²) in [5, 5.41) is 37.4. The first kappa shape index (κ1) is 53.8. The molecule has 10 N–H and O–H groups in total. The highest BCUT2D eigenvalue weighted by molar-refractivity contribution is 5.89. The second-order valence-corrected chi connectivity index (χ2v) is 16.9. The van der Waals surface area contributed by atoms with Crippen molar-refractivity contribution in [1.29, 1.82) is 0 Å². The highest BCUT2D eigenvalue weighted by Gasteiger charge is 2.31. The number of carbonyl (C=O) groups is 7. The maximum atomic E-state index is 14.0. The number of carboxylic acid groups (broad SMARTS) is 1. The third-order valence-corrected chi connectivity index (χ3v) is 10.1. The summed E-state index contributed by atoms with van der Waals surface area (Å²) in [7, 11) is 0. The Hall–Kier alpha value is -6.53. The highest BCUT2D eigenvalue weighted by atomic mass is 16.6. The van der Waals surface area contributed by atoms with Crippen LogP contribution in [-0.2, 0) is 52.9 Å². The predicted molar refractivity (Wildman–Crippen MR) is 247 cm³/mol. The zero-order chi connectivity index (χ0) is 48.3. The molecule has 360 valence electrons. The predicted octanol–water partition coefficient (Wildman–Crippen LogP) is 3.39. The van der Waals surface area contributed by atoms with E-state index < -0.39 is 77.7 Å². The zero-order valence-electron chi connectivity index (χ0n) is 38.1. The molecule has 0 saturated carbocycles. The van der Waals surface area contributed by atoms with Gasteiger partial charge in [-0.2, -0.15) is 0 Å². The molecule has 5 atom stereocenters. The fraction of sp³-hybridized carbons (Fsp3) is 0.479. The lowest BCUT2D eigenvalue weighted by Crippen LogP contribution is -2.57. The van der Waals surface area contributed by atoms with Crippen LogP contribution in [0.25, 0.3) is 0 Å². The number of nitrogens with two attached hydrogens (primary N) is 1. The second kappa shape index (κ2) is 29.1. The van der Waals surface area contributed by atoms with Crippen LogP contribution in [-0.4, -0.2) is 108 Å². The Kier molecular flexibility index (Phi) is 23.7. The lowest BCUT2D eigenvalue weighted by Gasteiger charge is -2.29. The van der Waals surface area contributed by atoms with E-state index in [1.54, 1.807) is 20.8 Å². The highest BCUT2D eigenvalue weighted by Crippen LogP contribution is 2.13. The van der Waals surface area contributed by atoms with Gasteiger partial charge in [-0.25, -0.2) is 9.59 Å². The van der Waals surface area contributed by atoms with Gasteiger partial charge in [-0.1, -0.05) is 91.0 Å². The first-order chi connectivity index (χ1) is 31.5. The van der Waals surface area contributed by atoms with Gasteiger partial charge in [0.25, 0.3) is 0 Å². The van der Waals surface area contributed by atoms with Crippen LogP contribution in [0.15, 0.2) is 91.0 Å². The zero-order valence-corrected chi connectivity index (χ0v) is 38.1. The minimum atomic E-state index is -1.28. The third kappa shape index (κ3) is 22.9. The molecular weight excluding hydrogens is 851 g/mol. The molecule has 6 amide bonds. The van der Waals surface area contributed by atoms with E-state index in [1.165, 1.54) is 0 Å². The summed E-state index contributed by atoms with van der Waals surface area (Å²) in [4.78, 5) is 88.3. The average molecular weight is 918 g/mol. The van der Waals surface area contributed by atoms with E-state index >= 15 is 0 Å². The van der Waals surface area contributed by atoms with E-state index in [4.69, 9.17) is 20.3 Å². The van der Waals surface area contributed by atoms with Crippen LogP contribution >= 0.6 is 0 Å². The summed E-state index contributed by atoms with van der Waals surface area (Å²) < 4.78 is 10.7. The van der Waals surface area contributed by atoms with Crippen LogP contribution in [0.1, 0.15) is 88.8 Å². The number of aliphatic hydroxyl groups excluding tert-OH is 1. The average Bonchev–Trinajstić information content (AvgIpc) is 3.27. The van der Waals surface area contributed by atoms with Gasteiger partial charge in [-0.05, 0) is 88.8 Å². The summed E-state index contributed by atoms with van der Waals surface area (Å²) >= 11 is 0. The Morgan fingerprint density at radius 2 is 1.15 bits per heavy atom. The van der Waals surface area contributed by atoms with E-state index in [1.807, 2.05) is 91.0 Å². The molecule has 66 heavy (non-hydrogen) atoms. The number of amides is 6. The molecule has 3 aromatic rings. The second-order valence-electron chi connectivity index (χ2n) is 16.9. The molecule has 3 aromatic carbocycles. The number of unbranched alkanes of at least 4 members (excludes halogenated alkanes) is 2. The van der Waals surface area contributed by atoms with Crippen molar-refractivity contribution in [3.63, 3.8) is 0 Å². The third-order valence-electron chi connectivity index (χ3n) is 10.1. The number of carboxylic acids is 1. The Labute approximate surface area is 386 Å². The van der Waals surface area contributed by atoms with Gasteiger partial charge in [0.2, 0.25) is 23.6 Å². The first-order valence-corrected chi connectivity index (χ1v) is 22.3. The number of primary amides is 1. The number of aliphatic hydroxyl groups is 1. The summed E-state index contributed by atoms with van der Waals surface area (Å²) in [6.07, 6.45) is -0.725. The van der Waals surface area contributed by atoms with Crippen LogP contribution in [0.4, 0.5) is 9.59 Å². The van der Waals surface area contributed by atoms with E-state index in [0.29, 0.717) is 25.7 Å². The van der Waals surface area contributed by atoms with E-state index in [0.717, 1.165) is 16.7 Å². The van der Waals surface area contributed by atoms with Crippen LogP contribution < -0.4 is 37.6 Å². The summed E-state index contributed by atoms with van der Waals surface area (Å²) in [6.45, 7) is 5.50. The quantitative estimate of drug-likeness (QED) is 0.0454. The van der Waals surface area contributed by atoms with Gasteiger partial charge in [-0.3, -0.25) is 24.0 Å². The van der Waals surface area contributed by atoms with Crippen molar-refractivity contribution in [2.75, 3.05) is 19.6 Å². The van der Waals surface area contributed by atoms with Gasteiger partial charge < -0.3 is 57.3 Å². The molecule has 18 heteroatoms. The number of ether oxygens (including phenoxy) is 2. The Morgan fingerprint density at radius 3 is 1.71 bits per heavy atom. The molecule has 0 aliphatic carbocycles. The monoisotopic (exact) mass is 917 g/mol. The van der Waals surface area contributed by atoms with Gasteiger partial charge in [0.1, 0.15) is 24.3 Å². The molecule has 18 nitrogen and oxygen atoms in total. The van der Waals surface area contributed by atoms with Crippen molar-refractivity contribution in [2.24, 2.45) is 5.73 Å². The molecule has 0 spiro atoms. The van der Waals surface area contributed by atoms with Crippen molar-refractivity contribution in [3.05, 3.63) is 108 Å². The summed E-state index contributed by atoms with van der Waals surface area (Å²) in [6, 6.07) is 23.5. The minimum absolute atomic E-state index is 0.124. The number of benzene rings is 3. The van der Waals surface area contributed by atoms with E-state index in [9.17, 15) is 38.7 Å². The maximum absolute atomic E-state index is 14.0. The van der Waals surface area contributed by atoms with E-state index in [-0.39, 0.29) is 64.8 Å². The molecule has 0 bridgehead atoms. The minimum Gasteiger partial charge on any atom is -0.481 e. The number of hydrogen-bond acceptors (Lipinski definition) is 11. The summed E-state index contributed by atoms with van der Waals surface area (Å²) in [5.74, 6) is -3.38. The standard InChI is InChI=1S/C48H67N7O11/c1-48(2,3)66-47(64)55-37(24-14-15-27-50-41(57)25-26-42(58)59)44(61)54-38(29-33-17-7-4-8-18-33)40(56)31-52-39(30-34-19-9-5-10-20-34)45(62)53-36(43(49)60)23-13-16-28-51-46(63)65-32-35-21-11-6-12-22-35/h4-12,17-22,36-40,52,56H,13-16,23-32H2,1-3H3,(H2,49,60)(H,50,57)(H,51,63)(H,53,62)(H,54,61)(H,55,64)(H,58,59)/t36-,37-,38-,39-,40?/m0/s1. The lowest BCUT2D eigenvalue weighted by atomic mass is 9.99. The lowest BCUT2D eigenvalue weighted by molar-refractivity contribution is -0.138. The number of alkyl carbamates (subject to hydrolysis) is 2. The van der Waals surface area contributed by atoms with Crippen molar-refractivity contribution in [2.45, 2.75) is 127 Å². The molecule has 0 fully saturated rings. The van der Waals surface area contributed by atoms with Crippen molar-refractivity contribution in [1.82, 2.24) is 31.9 Å². The smallest absolute Gasteiger partial charge is 0.408 e.